The maximum Gasteiger partial charge on any atom is 0.148 e. The molecule has 2 aromatic rings. The van der Waals surface area contributed by atoms with E-state index in [0.717, 1.165) is 22.5 Å². The van der Waals surface area contributed by atoms with Crippen molar-refractivity contribution in [3.8, 4) is 0 Å². The molecular weight excluding hydrogens is 314 g/mol. The van der Waals surface area contributed by atoms with Crippen molar-refractivity contribution in [2.75, 3.05) is 0 Å². The van der Waals surface area contributed by atoms with Crippen molar-refractivity contribution in [3.05, 3.63) is 46.0 Å². The van der Waals surface area contributed by atoms with Crippen LogP contribution in [0.3, 0.4) is 0 Å². The van der Waals surface area contributed by atoms with Crippen molar-refractivity contribution in [3.63, 3.8) is 0 Å². The van der Waals surface area contributed by atoms with Crippen molar-refractivity contribution in [1.29, 1.82) is 0 Å². The van der Waals surface area contributed by atoms with Gasteiger partial charge in [-0.05, 0) is 30.5 Å². The summed E-state index contributed by atoms with van der Waals surface area (Å²) in [6.45, 7) is 0. The lowest BCUT2D eigenvalue weighted by Gasteiger charge is -2.07. The Bertz CT molecular complexity index is 546. The van der Waals surface area contributed by atoms with Crippen molar-refractivity contribution in [2.24, 2.45) is 0 Å². The molecule has 3 rings (SSSR count). The number of rotatable bonds is 4. The smallest absolute Gasteiger partial charge is 0.148 e. The van der Waals surface area contributed by atoms with Crippen LogP contribution in [-0.2, 0) is 12.3 Å². The summed E-state index contributed by atoms with van der Waals surface area (Å²) in [6.07, 6.45) is 3.25. The fourth-order valence-corrected chi connectivity index (χ4v) is 2.56. The second-order valence-corrected chi connectivity index (χ2v) is 5.75. The standard InChI is InChI=1S/C13H13BrClN3/c14-10-3-1-9(2-4-10)7-12-16-17-13(8-15)18(12)11-5-6-11/h1-4,11H,5-8H2. The maximum absolute atomic E-state index is 5.91. The van der Waals surface area contributed by atoms with Crippen LogP contribution in [0.5, 0.6) is 0 Å². The van der Waals surface area contributed by atoms with Crippen LogP contribution in [0.1, 0.15) is 36.1 Å². The topological polar surface area (TPSA) is 30.7 Å². The molecule has 1 fully saturated rings. The second kappa shape index (κ2) is 5.02. The van der Waals surface area contributed by atoms with E-state index in [2.05, 4.69) is 55.0 Å². The number of aromatic nitrogens is 3. The van der Waals surface area contributed by atoms with E-state index in [0.29, 0.717) is 11.9 Å². The number of benzene rings is 1. The largest absolute Gasteiger partial charge is 0.311 e. The minimum atomic E-state index is 0.434. The van der Waals surface area contributed by atoms with E-state index < -0.39 is 0 Å². The summed E-state index contributed by atoms with van der Waals surface area (Å²) in [7, 11) is 0. The minimum Gasteiger partial charge on any atom is -0.311 e. The van der Waals surface area contributed by atoms with Gasteiger partial charge < -0.3 is 4.57 Å². The first-order chi connectivity index (χ1) is 8.78. The molecule has 0 unspecified atom stereocenters. The summed E-state index contributed by atoms with van der Waals surface area (Å²) in [6, 6.07) is 8.89. The van der Waals surface area contributed by atoms with Gasteiger partial charge in [0.2, 0.25) is 0 Å². The second-order valence-electron chi connectivity index (χ2n) is 4.57. The summed E-state index contributed by atoms with van der Waals surface area (Å²) in [4.78, 5) is 0. The molecule has 3 nitrogen and oxygen atoms in total. The van der Waals surface area contributed by atoms with E-state index in [1.54, 1.807) is 0 Å². The van der Waals surface area contributed by atoms with E-state index in [4.69, 9.17) is 11.6 Å². The summed E-state index contributed by atoms with van der Waals surface area (Å²) < 4.78 is 3.31. The zero-order chi connectivity index (χ0) is 12.5. The molecule has 1 aliphatic rings. The van der Waals surface area contributed by atoms with Crippen molar-refractivity contribution in [2.45, 2.75) is 31.2 Å². The Morgan fingerprint density at radius 2 is 1.83 bits per heavy atom. The molecule has 1 aliphatic carbocycles. The number of nitrogens with zero attached hydrogens (tertiary/aromatic N) is 3. The molecule has 0 atom stereocenters. The third-order valence-electron chi connectivity index (χ3n) is 3.14. The first kappa shape index (κ1) is 12.2. The highest BCUT2D eigenvalue weighted by Gasteiger charge is 2.28. The lowest BCUT2D eigenvalue weighted by molar-refractivity contribution is 0.669. The highest BCUT2D eigenvalue weighted by molar-refractivity contribution is 9.10. The molecule has 0 saturated heterocycles. The normalized spacial score (nSPS) is 15.0. The molecule has 0 N–H and O–H groups in total. The number of halogens is 2. The predicted octanol–water partition coefficient (Wildman–Crippen LogP) is 3.71. The molecule has 1 aromatic heterocycles. The fourth-order valence-electron chi connectivity index (χ4n) is 2.11. The average molecular weight is 327 g/mol. The summed E-state index contributed by atoms with van der Waals surface area (Å²) in [5, 5.41) is 8.46. The van der Waals surface area contributed by atoms with Gasteiger partial charge in [-0.2, -0.15) is 0 Å². The molecule has 94 valence electrons. The summed E-state index contributed by atoms with van der Waals surface area (Å²) in [5.41, 5.74) is 1.24. The highest BCUT2D eigenvalue weighted by Crippen LogP contribution is 2.37. The number of alkyl halides is 1. The van der Waals surface area contributed by atoms with Gasteiger partial charge in [-0.15, -0.1) is 21.8 Å². The maximum atomic E-state index is 5.91. The van der Waals surface area contributed by atoms with E-state index >= 15 is 0 Å². The van der Waals surface area contributed by atoms with Crippen molar-refractivity contribution in [1.82, 2.24) is 14.8 Å². The quantitative estimate of drug-likeness (QED) is 0.802. The van der Waals surface area contributed by atoms with Crippen molar-refractivity contribution < 1.29 is 0 Å². The van der Waals surface area contributed by atoms with Gasteiger partial charge in [0, 0.05) is 16.9 Å². The van der Waals surface area contributed by atoms with Gasteiger partial charge in [-0.3, -0.25) is 0 Å². The van der Waals surface area contributed by atoms with Crippen molar-refractivity contribution >= 4 is 27.5 Å². The SMILES string of the molecule is ClCc1nnc(Cc2ccc(Br)cc2)n1C1CC1. The van der Waals surface area contributed by atoms with Gasteiger partial charge in [0.05, 0.1) is 5.88 Å². The number of hydrogen-bond acceptors (Lipinski definition) is 2. The van der Waals surface area contributed by atoms with Crippen LogP contribution >= 0.6 is 27.5 Å². The van der Waals surface area contributed by atoms with E-state index in [1.807, 2.05) is 0 Å². The van der Waals surface area contributed by atoms with Crippen LogP contribution in [0.25, 0.3) is 0 Å². The Morgan fingerprint density at radius 3 is 2.44 bits per heavy atom. The average Bonchev–Trinajstić information content (AvgIpc) is 3.14. The van der Waals surface area contributed by atoms with Gasteiger partial charge in [0.1, 0.15) is 11.6 Å². The molecule has 1 saturated carbocycles. The van der Waals surface area contributed by atoms with Crippen LogP contribution in [0, 0.1) is 0 Å². The van der Waals surface area contributed by atoms with E-state index in [9.17, 15) is 0 Å². The molecule has 0 aliphatic heterocycles. The molecule has 18 heavy (non-hydrogen) atoms. The molecule has 0 spiro atoms. The molecule has 1 aromatic carbocycles. The zero-order valence-corrected chi connectivity index (χ0v) is 12.2. The monoisotopic (exact) mass is 325 g/mol. The van der Waals surface area contributed by atoms with Gasteiger partial charge in [0.15, 0.2) is 0 Å². The van der Waals surface area contributed by atoms with E-state index in [-0.39, 0.29) is 0 Å². The van der Waals surface area contributed by atoms with Gasteiger partial charge >= 0.3 is 0 Å². The lowest BCUT2D eigenvalue weighted by Crippen LogP contribution is -2.05. The molecule has 1 heterocycles. The zero-order valence-electron chi connectivity index (χ0n) is 9.81. The Balaban J connectivity index is 1.88. The van der Waals surface area contributed by atoms with Gasteiger partial charge in [-0.1, -0.05) is 28.1 Å². The van der Waals surface area contributed by atoms with Crippen LogP contribution < -0.4 is 0 Å². The Labute approximate surface area is 119 Å². The molecule has 0 radical (unpaired) electrons. The van der Waals surface area contributed by atoms with Gasteiger partial charge in [-0.25, -0.2) is 0 Å². The predicted molar refractivity (Wildman–Crippen MR) is 74.8 cm³/mol. The Kier molecular flexibility index (Phi) is 3.39. The van der Waals surface area contributed by atoms with E-state index in [1.165, 1.54) is 18.4 Å². The summed E-state index contributed by atoms with van der Waals surface area (Å²) >= 11 is 9.35. The molecular formula is C13H13BrClN3. The molecule has 0 bridgehead atoms. The third kappa shape index (κ3) is 2.45. The molecule has 0 amide bonds. The Morgan fingerprint density at radius 1 is 1.17 bits per heavy atom. The highest BCUT2D eigenvalue weighted by atomic mass is 79.9. The first-order valence-electron chi connectivity index (χ1n) is 6.01. The fraction of sp³-hybridized carbons (Fsp3) is 0.385. The van der Waals surface area contributed by atoms with Crippen LogP contribution in [0.2, 0.25) is 0 Å². The Hall–Kier alpha value is -0.870. The third-order valence-corrected chi connectivity index (χ3v) is 3.91. The van der Waals surface area contributed by atoms with Crippen LogP contribution in [0.4, 0.5) is 0 Å². The number of hydrogen-bond donors (Lipinski definition) is 0. The first-order valence-corrected chi connectivity index (χ1v) is 7.33. The molecule has 5 heteroatoms. The lowest BCUT2D eigenvalue weighted by atomic mass is 10.1. The van der Waals surface area contributed by atoms with Crippen LogP contribution in [0.15, 0.2) is 28.7 Å². The minimum absolute atomic E-state index is 0.434. The summed E-state index contributed by atoms with van der Waals surface area (Å²) in [5.74, 6) is 2.35. The van der Waals surface area contributed by atoms with Gasteiger partial charge in [0.25, 0.3) is 0 Å². The van der Waals surface area contributed by atoms with Crippen LogP contribution in [-0.4, -0.2) is 14.8 Å².